The van der Waals surface area contributed by atoms with Crippen LogP contribution in [0.25, 0.3) is 0 Å². The topological polar surface area (TPSA) is 24.5 Å². The number of hydrogen-bond acceptors (Lipinski definition) is 3. The largest absolute Gasteiger partial charge is 0.378 e. The first kappa shape index (κ1) is 14.8. The summed E-state index contributed by atoms with van der Waals surface area (Å²) >= 11 is 3.09. The average molecular weight is 335 g/mol. The van der Waals surface area contributed by atoms with Gasteiger partial charge in [0, 0.05) is 31.2 Å². The van der Waals surface area contributed by atoms with Crippen molar-refractivity contribution in [3.8, 4) is 0 Å². The molecule has 1 aliphatic heterocycles. The van der Waals surface area contributed by atoms with Crippen LogP contribution in [0.3, 0.4) is 0 Å². The Morgan fingerprint density at radius 3 is 3.00 bits per heavy atom. The van der Waals surface area contributed by atoms with Gasteiger partial charge in [0.25, 0.3) is 0 Å². The number of likely N-dealkylation sites (N-methyl/N-ethyl adjacent to an activating group) is 1. The Balaban J connectivity index is 2.17. The van der Waals surface area contributed by atoms with E-state index in [1.54, 1.807) is 0 Å². The lowest BCUT2D eigenvalue weighted by atomic mass is 10.1. The number of benzene rings is 1. The fourth-order valence-electron chi connectivity index (χ4n) is 2.24. The zero-order chi connectivity index (χ0) is 13.8. The molecular weight excluding hydrogens is 318 g/mol. The van der Waals surface area contributed by atoms with E-state index in [1.165, 1.54) is 12.1 Å². The van der Waals surface area contributed by atoms with Crippen LogP contribution in [0, 0.1) is 11.6 Å². The Morgan fingerprint density at radius 2 is 2.26 bits per heavy atom. The Morgan fingerprint density at radius 1 is 1.47 bits per heavy atom. The molecule has 1 heterocycles. The molecule has 1 atom stereocenters. The Hall–Kier alpha value is -0.560. The molecule has 1 aliphatic rings. The van der Waals surface area contributed by atoms with Crippen LogP contribution in [0.15, 0.2) is 16.6 Å². The van der Waals surface area contributed by atoms with E-state index in [4.69, 9.17) is 4.74 Å². The van der Waals surface area contributed by atoms with Crippen LogP contribution in [-0.4, -0.2) is 44.3 Å². The first-order chi connectivity index (χ1) is 9.13. The second-order valence-corrected chi connectivity index (χ2v) is 5.43. The molecule has 0 aliphatic carbocycles. The number of morpholine rings is 1. The lowest BCUT2D eigenvalue weighted by molar-refractivity contribution is -0.0112. The zero-order valence-corrected chi connectivity index (χ0v) is 12.3. The van der Waals surface area contributed by atoms with Crippen molar-refractivity contribution in [3.63, 3.8) is 0 Å². The molecule has 0 spiro atoms. The second-order valence-electron chi connectivity index (χ2n) is 4.58. The summed E-state index contributed by atoms with van der Waals surface area (Å²) in [5, 5.41) is 3.08. The van der Waals surface area contributed by atoms with Gasteiger partial charge in [-0.3, -0.25) is 4.90 Å². The molecule has 0 saturated carbocycles. The molecule has 1 unspecified atom stereocenters. The smallest absolute Gasteiger partial charge is 0.144 e. The van der Waals surface area contributed by atoms with Crippen LogP contribution in [0.2, 0.25) is 0 Å². The van der Waals surface area contributed by atoms with E-state index in [0.717, 1.165) is 6.54 Å². The van der Waals surface area contributed by atoms with Crippen molar-refractivity contribution in [2.24, 2.45) is 0 Å². The second kappa shape index (κ2) is 6.74. The monoisotopic (exact) mass is 334 g/mol. The highest BCUT2D eigenvalue weighted by molar-refractivity contribution is 9.10. The van der Waals surface area contributed by atoms with Crippen molar-refractivity contribution in [3.05, 3.63) is 33.8 Å². The van der Waals surface area contributed by atoms with Crippen LogP contribution < -0.4 is 5.32 Å². The van der Waals surface area contributed by atoms with Gasteiger partial charge in [0.15, 0.2) is 0 Å². The number of ether oxygens (including phenoxy) is 1. The van der Waals surface area contributed by atoms with Gasteiger partial charge in [-0.25, -0.2) is 8.78 Å². The minimum atomic E-state index is -0.519. The molecular formula is C13H17BrF2N2O. The maximum absolute atomic E-state index is 14.0. The Labute approximate surface area is 120 Å². The maximum atomic E-state index is 14.0. The summed E-state index contributed by atoms with van der Waals surface area (Å²) in [4.78, 5) is 2.05. The van der Waals surface area contributed by atoms with Gasteiger partial charge in [0.1, 0.15) is 11.6 Å². The fourth-order valence-corrected chi connectivity index (χ4v) is 2.61. The van der Waals surface area contributed by atoms with Gasteiger partial charge in [-0.1, -0.05) is 0 Å². The highest BCUT2D eigenvalue weighted by atomic mass is 79.9. The quantitative estimate of drug-likeness (QED) is 0.854. The van der Waals surface area contributed by atoms with Crippen molar-refractivity contribution < 1.29 is 13.5 Å². The summed E-state index contributed by atoms with van der Waals surface area (Å²) in [5.41, 5.74) is 0.109. The van der Waals surface area contributed by atoms with Crippen molar-refractivity contribution >= 4 is 15.9 Å². The summed E-state index contributed by atoms with van der Waals surface area (Å²) in [6, 6.07) is 2.81. The molecule has 106 valence electrons. The molecule has 0 aromatic heterocycles. The van der Waals surface area contributed by atoms with E-state index in [9.17, 15) is 8.78 Å². The Kier molecular flexibility index (Phi) is 5.27. The number of nitrogens with one attached hydrogen (secondary N) is 1. The number of nitrogens with zero attached hydrogens (tertiary/aromatic N) is 1. The maximum Gasteiger partial charge on any atom is 0.144 e. The average Bonchev–Trinajstić information content (AvgIpc) is 2.41. The molecule has 1 fully saturated rings. The number of halogens is 3. The molecule has 19 heavy (non-hydrogen) atoms. The third-order valence-electron chi connectivity index (χ3n) is 3.29. The van der Waals surface area contributed by atoms with Gasteiger partial charge in [-0.2, -0.15) is 0 Å². The van der Waals surface area contributed by atoms with Crippen LogP contribution >= 0.6 is 15.9 Å². The number of rotatable bonds is 4. The predicted octanol–water partition coefficient (Wildman–Crippen LogP) is 2.15. The first-order valence-electron chi connectivity index (χ1n) is 6.22. The molecule has 2 rings (SSSR count). The lowest BCUT2D eigenvalue weighted by Gasteiger charge is -2.35. The van der Waals surface area contributed by atoms with E-state index in [1.807, 2.05) is 11.9 Å². The van der Waals surface area contributed by atoms with Crippen LogP contribution in [-0.2, 0) is 11.3 Å². The van der Waals surface area contributed by atoms with Crippen molar-refractivity contribution in [2.45, 2.75) is 12.6 Å². The predicted molar refractivity (Wildman–Crippen MR) is 73.0 cm³/mol. The van der Waals surface area contributed by atoms with Gasteiger partial charge in [-0.15, -0.1) is 0 Å². The molecule has 6 heteroatoms. The molecule has 1 saturated heterocycles. The van der Waals surface area contributed by atoms with Gasteiger partial charge >= 0.3 is 0 Å². The molecule has 0 amide bonds. The standard InChI is InChI=1S/C13H17BrF2N2O/c1-17-6-9-8-19-5-4-18(9)7-10-12(15)3-2-11(14)13(10)16/h2-3,9,17H,4-8H2,1H3. The van der Waals surface area contributed by atoms with E-state index >= 15 is 0 Å². The summed E-state index contributed by atoms with van der Waals surface area (Å²) in [6.07, 6.45) is 0. The highest BCUT2D eigenvalue weighted by Gasteiger charge is 2.25. The molecule has 3 nitrogen and oxygen atoms in total. The SMILES string of the molecule is CNCC1COCCN1Cc1c(F)ccc(Br)c1F. The highest BCUT2D eigenvalue weighted by Crippen LogP contribution is 2.24. The molecule has 1 aromatic rings. The third-order valence-corrected chi connectivity index (χ3v) is 3.90. The third kappa shape index (κ3) is 3.51. The minimum absolute atomic E-state index is 0.109. The lowest BCUT2D eigenvalue weighted by Crippen LogP contribution is -2.49. The van der Waals surface area contributed by atoms with E-state index < -0.39 is 11.6 Å². The summed E-state index contributed by atoms with van der Waals surface area (Å²) in [5.74, 6) is -1.02. The fraction of sp³-hybridized carbons (Fsp3) is 0.538. The Bertz CT molecular complexity index is 443. The van der Waals surface area contributed by atoms with E-state index in [0.29, 0.717) is 24.2 Å². The van der Waals surface area contributed by atoms with Gasteiger partial charge in [0.2, 0.25) is 0 Å². The van der Waals surface area contributed by atoms with Gasteiger partial charge in [-0.05, 0) is 35.1 Å². The number of hydrogen-bond donors (Lipinski definition) is 1. The first-order valence-corrected chi connectivity index (χ1v) is 7.01. The molecule has 0 bridgehead atoms. The van der Waals surface area contributed by atoms with Crippen LogP contribution in [0.5, 0.6) is 0 Å². The summed E-state index contributed by atoms with van der Waals surface area (Å²) < 4.78 is 33.4. The van der Waals surface area contributed by atoms with E-state index in [-0.39, 0.29) is 18.2 Å². The summed E-state index contributed by atoms with van der Waals surface area (Å²) in [6.45, 7) is 2.84. The molecule has 1 N–H and O–H groups in total. The molecule has 1 aromatic carbocycles. The van der Waals surface area contributed by atoms with Crippen LogP contribution in [0.1, 0.15) is 5.56 Å². The minimum Gasteiger partial charge on any atom is -0.378 e. The summed E-state index contributed by atoms with van der Waals surface area (Å²) in [7, 11) is 1.85. The normalized spacial score (nSPS) is 20.7. The molecule has 0 radical (unpaired) electrons. The zero-order valence-electron chi connectivity index (χ0n) is 10.8. The van der Waals surface area contributed by atoms with Gasteiger partial charge in [0.05, 0.1) is 17.7 Å². The van der Waals surface area contributed by atoms with Crippen molar-refractivity contribution in [2.75, 3.05) is 33.4 Å². The van der Waals surface area contributed by atoms with Gasteiger partial charge < -0.3 is 10.1 Å². The van der Waals surface area contributed by atoms with Crippen LogP contribution in [0.4, 0.5) is 8.78 Å². The van der Waals surface area contributed by atoms with E-state index in [2.05, 4.69) is 21.2 Å². The van der Waals surface area contributed by atoms with Crippen molar-refractivity contribution in [1.29, 1.82) is 0 Å². The van der Waals surface area contributed by atoms with Crippen molar-refractivity contribution in [1.82, 2.24) is 10.2 Å².